The molecule has 1 saturated heterocycles. The summed E-state index contributed by atoms with van der Waals surface area (Å²) in [4.78, 5) is 4.75. The third kappa shape index (κ3) is 9.15. The van der Waals surface area contributed by atoms with Gasteiger partial charge < -0.3 is 0 Å². The van der Waals surface area contributed by atoms with Crippen molar-refractivity contribution in [3.8, 4) is 0 Å². The molecule has 0 spiro atoms. The average molecular weight is 799 g/mol. The zero-order chi connectivity index (χ0) is 34.8. The molecule has 4 fully saturated rings. The summed E-state index contributed by atoms with van der Waals surface area (Å²) in [5, 5.41) is 0. The van der Waals surface area contributed by atoms with Crippen LogP contribution >= 0.6 is 27.3 Å². The van der Waals surface area contributed by atoms with Crippen LogP contribution in [0, 0.1) is 47.0 Å². The Morgan fingerprint density at radius 1 is 0.625 bits per heavy atom. The van der Waals surface area contributed by atoms with Gasteiger partial charge >= 0.3 is 206 Å². The standard InChI is InChI=1S/C21H26N2.C15H27P.C6H10.2ClH.Ru/c1-14-9-16(3)20(17(4)10-14)22-7-8-23(13-22)21-18(5)11-15(2)12-19(21)6;1-2-8-13(7-1)16(14-9-3-4-10-14)15-11-5-6-12-15;1-5-6(2,3)4;;;/h9-12H,7-8H2,1-6H3;13-15H,1-12H2;5H,2-4H3;2*1H;/q;;;;;+2/p-2. The first-order valence-electron chi connectivity index (χ1n) is 18.8. The first-order valence-corrected chi connectivity index (χ1v) is 26.5. The molecule has 2 aromatic carbocycles. The Hall–Kier alpha value is -0.807. The van der Waals surface area contributed by atoms with Gasteiger partial charge in [-0.2, -0.15) is 0 Å². The quantitative estimate of drug-likeness (QED) is 0.220. The Morgan fingerprint density at radius 2 is 0.938 bits per heavy atom. The third-order valence-corrected chi connectivity index (χ3v) is 20.0. The molecule has 6 rings (SSSR count). The molecule has 0 aromatic heterocycles. The second-order valence-electron chi connectivity index (χ2n) is 16.3. The number of anilines is 2. The molecular formula is C42H63Cl2N2PRu. The van der Waals surface area contributed by atoms with Gasteiger partial charge in [0.15, 0.2) is 0 Å². The van der Waals surface area contributed by atoms with Crippen LogP contribution in [0.4, 0.5) is 11.4 Å². The number of aryl methyl sites for hydroxylation is 6. The molecule has 0 atom stereocenters. The predicted octanol–water partition coefficient (Wildman–Crippen LogP) is 12.7. The molecule has 0 N–H and O–H groups in total. The van der Waals surface area contributed by atoms with Gasteiger partial charge in [-0.25, -0.2) is 0 Å². The van der Waals surface area contributed by atoms with Crippen LogP contribution in [0.1, 0.15) is 131 Å². The van der Waals surface area contributed by atoms with E-state index in [1.54, 1.807) is 77.0 Å². The van der Waals surface area contributed by atoms with E-state index in [9.17, 15) is 0 Å². The summed E-state index contributed by atoms with van der Waals surface area (Å²) >= 11 is -3.48. The fraction of sp³-hybridized carbons (Fsp3) is 0.643. The van der Waals surface area contributed by atoms with E-state index in [-0.39, 0.29) is 5.41 Å². The zero-order valence-corrected chi connectivity index (χ0v) is 35.6. The van der Waals surface area contributed by atoms with E-state index in [0.29, 0.717) is 7.92 Å². The molecule has 0 radical (unpaired) electrons. The normalized spacial score (nSPS) is 20.1. The van der Waals surface area contributed by atoms with E-state index in [1.165, 1.54) is 61.7 Å². The van der Waals surface area contributed by atoms with Gasteiger partial charge in [0.05, 0.1) is 0 Å². The van der Waals surface area contributed by atoms with Gasteiger partial charge in [-0.1, -0.05) is 46.4 Å². The summed E-state index contributed by atoms with van der Waals surface area (Å²) in [5.41, 5.74) is 13.6. The number of hydrogen-bond acceptors (Lipinski definition) is 2. The van der Waals surface area contributed by atoms with E-state index < -0.39 is 11.9 Å². The number of allylic oxidation sites excluding steroid dienone is 1. The molecule has 268 valence electrons. The van der Waals surface area contributed by atoms with E-state index >= 15 is 0 Å². The molecule has 1 heterocycles. The second-order valence-corrected chi connectivity index (χ2v) is 28.3. The van der Waals surface area contributed by atoms with Gasteiger partial charge in [-0.05, 0) is 55.5 Å². The molecule has 4 aliphatic rings. The van der Waals surface area contributed by atoms with Crippen molar-refractivity contribution in [2.45, 2.75) is 156 Å². The minimum atomic E-state index is -3.48. The van der Waals surface area contributed by atoms with Gasteiger partial charge in [-0.15, -0.1) is 0 Å². The van der Waals surface area contributed by atoms with Crippen LogP contribution in [0.25, 0.3) is 0 Å². The SMILES string of the molecule is C1CCC(P(C2CCCC2)C2CCCC2)C1.Cc1cc(C)c(N2CCN(c3c(C)cc(C)cc3C)[C]2=[Ru]([Cl])([Cl])=[C]=CC(C)(C)C)c(C)c1. The Labute approximate surface area is 305 Å². The van der Waals surface area contributed by atoms with Crippen LogP contribution in [-0.2, 0) is 11.9 Å². The van der Waals surface area contributed by atoms with E-state index in [0.717, 1.165) is 17.4 Å². The molecule has 0 unspecified atom stereocenters. The summed E-state index contributed by atoms with van der Waals surface area (Å²) < 4.78 is 4.52. The van der Waals surface area contributed by atoms with Gasteiger partial charge in [0.1, 0.15) is 0 Å². The molecule has 6 heteroatoms. The fourth-order valence-electron chi connectivity index (χ4n) is 9.13. The van der Waals surface area contributed by atoms with Crippen molar-refractivity contribution in [3.05, 3.63) is 63.7 Å². The van der Waals surface area contributed by atoms with Gasteiger partial charge in [0, 0.05) is 0 Å². The van der Waals surface area contributed by atoms with Crippen molar-refractivity contribution in [2.75, 3.05) is 22.9 Å². The van der Waals surface area contributed by atoms with Crippen LogP contribution in [-0.4, -0.2) is 38.7 Å². The molecule has 0 bridgehead atoms. The van der Waals surface area contributed by atoms with E-state index in [1.807, 2.05) is 0 Å². The van der Waals surface area contributed by atoms with E-state index in [4.69, 9.17) is 19.4 Å². The summed E-state index contributed by atoms with van der Waals surface area (Å²) in [6.45, 7) is 21.2. The number of hydrogen-bond donors (Lipinski definition) is 0. The number of halogens is 2. The van der Waals surface area contributed by atoms with Crippen molar-refractivity contribution in [3.63, 3.8) is 0 Å². The molecule has 2 nitrogen and oxygen atoms in total. The van der Waals surface area contributed by atoms with Crippen molar-refractivity contribution in [1.82, 2.24) is 0 Å². The maximum atomic E-state index is 7.28. The van der Waals surface area contributed by atoms with Crippen LogP contribution in [0.2, 0.25) is 0 Å². The topological polar surface area (TPSA) is 6.48 Å². The first kappa shape index (κ1) is 38.4. The molecule has 3 saturated carbocycles. The third-order valence-electron chi connectivity index (χ3n) is 10.8. The molecule has 0 amide bonds. The summed E-state index contributed by atoms with van der Waals surface area (Å²) in [5.74, 6) is 0. The van der Waals surface area contributed by atoms with Gasteiger partial charge in [0.2, 0.25) is 0 Å². The number of rotatable bonds is 5. The number of benzene rings is 2. The fourth-order valence-corrected chi connectivity index (χ4v) is 19.2. The van der Waals surface area contributed by atoms with Crippen LogP contribution in [0.15, 0.2) is 30.3 Å². The Morgan fingerprint density at radius 3 is 1.23 bits per heavy atom. The monoisotopic (exact) mass is 798 g/mol. The zero-order valence-electron chi connectivity index (χ0n) is 31.5. The Kier molecular flexibility index (Phi) is 13.0. The molecule has 1 aliphatic heterocycles. The van der Waals surface area contributed by atoms with Crippen LogP contribution in [0.3, 0.4) is 0 Å². The molecular weight excluding hydrogens is 735 g/mol. The van der Waals surface area contributed by atoms with Crippen LogP contribution < -0.4 is 9.80 Å². The summed E-state index contributed by atoms with van der Waals surface area (Å²) in [6.07, 6.45) is 21.1. The molecule has 3 aliphatic carbocycles. The van der Waals surface area contributed by atoms with Gasteiger partial charge in [0.25, 0.3) is 0 Å². The van der Waals surface area contributed by atoms with E-state index in [2.05, 4.69) is 107 Å². The van der Waals surface area contributed by atoms with Crippen molar-refractivity contribution < 1.29 is 11.9 Å². The van der Waals surface area contributed by atoms with Crippen molar-refractivity contribution in [2.24, 2.45) is 5.41 Å². The summed E-state index contributed by atoms with van der Waals surface area (Å²) in [6, 6.07) is 8.98. The van der Waals surface area contributed by atoms with Crippen molar-refractivity contribution >= 4 is 47.3 Å². The Bertz CT molecular complexity index is 1450. The first-order chi connectivity index (χ1) is 22.7. The Balaban J connectivity index is 0.000000233. The second kappa shape index (κ2) is 16.3. The maximum absolute atomic E-state index is 7.28. The number of nitrogens with zero attached hydrogens (tertiary/aromatic N) is 2. The predicted molar refractivity (Wildman–Crippen MR) is 215 cm³/mol. The average Bonchev–Trinajstić information content (AvgIpc) is 3.81. The van der Waals surface area contributed by atoms with Crippen LogP contribution in [0.5, 0.6) is 0 Å². The minimum absolute atomic E-state index is 0.0317. The summed E-state index contributed by atoms with van der Waals surface area (Å²) in [7, 11) is 15.0. The van der Waals surface area contributed by atoms with Crippen molar-refractivity contribution in [1.29, 1.82) is 0 Å². The van der Waals surface area contributed by atoms with Gasteiger partial charge in [-0.3, -0.25) is 0 Å². The molecule has 48 heavy (non-hydrogen) atoms. The molecule has 2 aromatic rings.